The Morgan fingerprint density at radius 3 is 2.69 bits per heavy atom. The summed E-state index contributed by atoms with van der Waals surface area (Å²) in [7, 11) is 1.48. The quantitative estimate of drug-likeness (QED) is 0.441. The molecule has 0 bridgehead atoms. The zero-order chi connectivity index (χ0) is 23.3. The maximum absolute atomic E-state index is 12.4. The van der Waals surface area contributed by atoms with Crippen LogP contribution >= 0.6 is 39.3 Å². The second-order valence-electron chi connectivity index (χ2n) is 6.71. The van der Waals surface area contributed by atoms with Gasteiger partial charge in [0.05, 0.1) is 17.0 Å². The minimum atomic E-state index is -0.362. The average molecular weight is 540 g/mol. The van der Waals surface area contributed by atoms with E-state index >= 15 is 0 Å². The van der Waals surface area contributed by atoms with Gasteiger partial charge in [0, 0.05) is 16.7 Å². The number of thioether (sulfide) groups is 1. The standard InChI is InChI=1S/C22H20BrClN2O5S/c1-3-8-26-21(28)19(32-22(26)29)10-13-4-7-17(18(9-13)30-2)31-12-20(27)25-14-5-6-15(23)16(24)11-14/h4-7,9-11H,3,8,12H2,1-2H3,(H,25,27)/b19-10+. The van der Waals surface area contributed by atoms with E-state index in [2.05, 4.69) is 21.2 Å². The Balaban J connectivity index is 1.66. The number of imide groups is 1. The van der Waals surface area contributed by atoms with Gasteiger partial charge in [-0.05, 0) is 76.1 Å². The van der Waals surface area contributed by atoms with E-state index < -0.39 is 0 Å². The molecule has 3 amide bonds. The van der Waals surface area contributed by atoms with Gasteiger partial charge in [-0.3, -0.25) is 19.3 Å². The summed E-state index contributed by atoms with van der Waals surface area (Å²) in [6.45, 7) is 2.07. The van der Waals surface area contributed by atoms with Crippen LogP contribution < -0.4 is 14.8 Å². The van der Waals surface area contributed by atoms with Crippen LogP contribution in [-0.4, -0.2) is 42.2 Å². The molecule has 1 saturated heterocycles. The first-order valence-corrected chi connectivity index (χ1v) is 11.6. The summed E-state index contributed by atoms with van der Waals surface area (Å²) < 4.78 is 11.7. The summed E-state index contributed by atoms with van der Waals surface area (Å²) in [4.78, 5) is 38.2. The monoisotopic (exact) mass is 538 g/mol. The van der Waals surface area contributed by atoms with Crippen molar-refractivity contribution < 1.29 is 23.9 Å². The Kier molecular flexibility index (Phi) is 8.22. The molecule has 2 aromatic rings. The number of methoxy groups -OCH3 is 1. The molecule has 0 aromatic heterocycles. The van der Waals surface area contributed by atoms with Gasteiger partial charge in [0.2, 0.25) is 0 Å². The maximum Gasteiger partial charge on any atom is 0.293 e. The van der Waals surface area contributed by atoms with E-state index in [4.69, 9.17) is 21.1 Å². The number of carbonyl (C=O) groups is 3. The van der Waals surface area contributed by atoms with Crippen LogP contribution in [0.4, 0.5) is 10.5 Å². The molecule has 0 unspecified atom stereocenters. The van der Waals surface area contributed by atoms with Gasteiger partial charge < -0.3 is 14.8 Å². The highest BCUT2D eigenvalue weighted by molar-refractivity contribution is 9.10. The van der Waals surface area contributed by atoms with Crippen molar-refractivity contribution in [2.75, 3.05) is 25.6 Å². The first kappa shape index (κ1) is 24.2. The third kappa shape index (κ3) is 5.85. The highest BCUT2D eigenvalue weighted by Gasteiger charge is 2.34. The van der Waals surface area contributed by atoms with E-state index in [1.165, 1.54) is 12.0 Å². The number of amides is 3. The molecule has 168 valence electrons. The minimum absolute atomic E-state index is 0.237. The predicted octanol–water partition coefficient (Wildman–Crippen LogP) is 5.57. The van der Waals surface area contributed by atoms with Crippen molar-refractivity contribution in [2.24, 2.45) is 0 Å². The fraction of sp³-hybridized carbons (Fsp3) is 0.227. The van der Waals surface area contributed by atoms with Gasteiger partial charge in [0.1, 0.15) is 0 Å². The molecule has 0 aliphatic carbocycles. The third-order valence-corrected chi connectivity index (χ3v) is 6.51. The van der Waals surface area contributed by atoms with Crippen molar-refractivity contribution in [3.05, 3.63) is 56.4 Å². The number of rotatable bonds is 8. The SMILES string of the molecule is CCCN1C(=O)S/C(=C/c2ccc(OCC(=O)Nc3ccc(Br)c(Cl)c3)c(OC)c2)C1=O. The Morgan fingerprint density at radius 2 is 2.00 bits per heavy atom. The molecule has 1 heterocycles. The molecular weight excluding hydrogens is 520 g/mol. The minimum Gasteiger partial charge on any atom is -0.493 e. The number of hydrogen-bond donors (Lipinski definition) is 1. The molecule has 0 radical (unpaired) electrons. The van der Waals surface area contributed by atoms with E-state index in [0.29, 0.717) is 45.6 Å². The van der Waals surface area contributed by atoms with E-state index in [1.54, 1.807) is 42.5 Å². The predicted molar refractivity (Wildman–Crippen MR) is 129 cm³/mol. The molecule has 10 heteroatoms. The molecule has 3 rings (SSSR count). The van der Waals surface area contributed by atoms with Crippen molar-refractivity contribution in [1.29, 1.82) is 0 Å². The van der Waals surface area contributed by atoms with Gasteiger partial charge in [0.25, 0.3) is 17.1 Å². The molecule has 7 nitrogen and oxygen atoms in total. The summed E-state index contributed by atoms with van der Waals surface area (Å²) in [5, 5.41) is 2.91. The number of benzene rings is 2. The first-order valence-electron chi connectivity index (χ1n) is 9.63. The van der Waals surface area contributed by atoms with Gasteiger partial charge in [0.15, 0.2) is 18.1 Å². The van der Waals surface area contributed by atoms with Gasteiger partial charge in [-0.2, -0.15) is 0 Å². The molecule has 1 fully saturated rings. The van der Waals surface area contributed by atoms with Crippen molar-refractivity contribution in [1.82, 2.24) is 4.90 Å². The fourth-order valence-corrected chi connectivity index (χ4v) is 4.17. The summed E-state index contributed by atoms with van der Waals surface area (Å²) in [6, 6.07) is 10.1. The van der Waals surface area contributed by atoms with Crippen molar-refractivity contribution in [3.63, 3.8) is 0 Å². The van der Waals surface area contributed by atoms with Crippen LogP contribution in [0.25, 0.3) is 6.08 Å². The summed E-state index contributed by atoms with van der Waals surface area (Å²) in [6.07, 6.45) is 2.34. The van der Waals surface area contributed by atoms with E-state index in [-0.39, 0.29) is 23.7 Å². The summed E-state index contributed by atoms with van der Waals surface area (Å²) >= 11 is 10.2. The van der Waals surface area contributed by atoms with Gasteiger partial charge in [-0.1, -0.05) is 24.6 Å². The number of nitrogens with one attached hydrogen (secondary N) is 1. The highest BCUT2D eigenvalue weighted by Crippen LogP contribution is 2.34. The van der Waals surface area contributed by atoms with Crippen LogP contribution in [0.5, 0.6) is 11.5 Å². The van der Waals surface area contributed by atoms with Gasteiger partial charge in [-0.25, -0.2) is 0 Å². The number of anilines is 1. The van der Waals surface area contributed by atoms with Crippen molar-refractivity contribution in [3.8, 4) is 11.5 Å². The molecule has 1 N–H and O–H groups in total. The van der Waals surface area contributed by atoms with Crippen LogP contribution in [0.15, 0.2) is 45.8 Å². The van der Waals surface area contributed by atoms with Gasteiger partial charge >= 0.3 is 0 Å². The normalized spacial score (nSPS) is 14.8. The van der Waals surface area contributed by atoms with Crippen LogP contribution in [0.3, 0.4) is 0 Å². The molecule has 2 aromatic carbocycles. The fourth-order valence-electron chi connectivity index (χ4n) is 2.88. The Morgan fingerprint density at radius 1 is 1.22 bits per heavy atom. The molecule has 0 spiro atoms. The lowest BCUT2D eigenvalue weighted by atomic mass is 10.2. The Labute approximate surface area is 203 Å². The molecular formula is C22H20BrClN2O5S. The van der Waals surface area contributed by atoms with Crippen LogP contribution in [0, 0.1) is 0 Å². The number of ether oxygens (including phenoxy) is 2. The lowest BCUT2D eigenvalue weighted by molar-refractivity contribution is -0.122. The lowest BCUT2D eigenvalue weighted by Crippen LogP contribution is -2.28. The molecule has 1 aliphatic heterocycles. The lowest BCUT2D eigenvalue weighted by Gasteiger charge is -2.12. The summed E-state index contributed by atoms with van der Waals surface area (Å²) in [5.74, 6) is 0.101. The van der Waals surface area contributed by atoms with Crippen LogP contribution in [0.1, 0.15) is 18.9 Å². The van der Waals surface area contributed by atoms with E-state index in [0.717, 1.165) is 16.2 Å². The zero-order valence-electron chi connectivity index (χ0n) is 17.3. The Bertz CT molecular complexity index is 1090. The third-order valence-electron chi connectivity index (χ3n) is 4.37. The topological polar surface area (TPSA) is 84.9 Å². The second kappa shape index (κ2) is 10.9. The molecule has 1 aliphatic rings. The number of hydrogen-bond acceptors (Lipinski definition) is 6. The largest absolute Gasteiger partial charge is 0.493 e. The van der Waals surface area contributed by atoms with Crippen LogP contribution in [-0.2, 0) is 9.59 Å². The van der Waals surface area contributed by atoms with Crippen LogP contribution in [0.2, 0.25) is 5.02 Å². The summed E-state index contributed by atoms with van der Waals surface area (Å²) in [5.41, 5.74) is 1.22. The smallest absolute Gasteiger partial charge is 0.293 e. The van der Waals surface area contributed by atoms with Crippen molar-refractivity contribution in [2.45, 2.75) is 13.3 Å². The zero-order valence-corrected chi connectivity index (χ0v) is 20.5. The molecule has 32 heavy (non-hydrogen) atoms. The van der Waals surface area contributed by atoms with E-state index in [9.17, 15) is 14.4 Å². The average Bonchev–Trinajstić information content (AvgIpc) is 3.03. The number of halogens is 2. The van der Waals surface area contributed by atoms with Crippen molar-refractivity contribution >= 4 is 68.1 Å². The van der Waals surface area contributed by atoms with Gasteiger partial charge in [-0.15, -0.1) is 0 Å². The second-order valence-corrected chi connectivity index (χ2v) is 8.96. The first-order chi connectivity index (χ1) is 15.3. The molecule has 0 atom stereocenters. The number of carbonyl (C=O) groups excluding carboxylic acids is 3. The van der Waals surface area contributed by atoms with E-state index in [1.807, 2.05) is 6.92 Å². The Hall–Kier alpha value is -2.49. The number of nitrogens with zero attached hydrogens (tertiary/aromatic N) is 1. The molecule has 0 saturated carbocycles. The maximum atomic E-state index is 12.4. The highest BCUT2D eigenvalue weighted by atomic mass is 79.9.